The summed E-state index contributed by atoms with van der Waals surface area (Å²) in [7, 11) is 0. The van der Waals surface area contributed by atoms with E-state index in [-0.39, 0.29) is 5.91 Å². The molecule has 4 heteroatoms. The second-order valence-corrected chi connectivity index (χ2v) is 6.04. The van der Waals surface area contributed by atoms with Crippen LogP contribution in [0.15, 0.2) is 22.7 Å². The molecule has 0 saturated heterocycles. The molecule has 0 aliphatic heterocycles. The van der Waals surface area contributed by atoms with Crippen LogP contribution in [-0.2, 0) is 0 Å². The summed E-state index contributed by atoms with van der Waals surface area (Å²) in [6.07, 6.45) is 2.19. The molecule has 0 aliphatic rings. The molecule has 0 unspecified atom stereocenters. The summed E-state index contributed by atoms with van der Waals surface area (Å²) in [5.74, 6) is 0.615. The molecular formula is C15H21BrClNO. The van der Waals surface area contributed by atoms with E-state index >= 15 is 0 Å². The standard InChI is InChI=1S/C15H21BrClNO/c1-4-11(5-2)10-18(6-3)15(19)12-7-13(16)9-14(17)8-12/h7-9,11H,4-6,10H2,1-3H3. The fourth-order valence-corrected chi connectivity index (χ4v) is 2.93. The Labute approximate surface area is 129 Å². The van der Waals surface area contributed by atoms with Crippen LogP contribution in [0.1, 0.15) is 44.0 Å². The normalized spacial score (nSPS) is 10.8. The average molecular weight is 347 g/mol. The zero-order valence-corrected chi connectivity index (χ0v) is 14.1. The van der Waals surface area contributed by atoms with Gasteiger partial charge in [-0.2, -0.15) is 0 Å². The Morgan fingerprint density at radius 3 is 2.37 bits per heavy atom. The van der Waals surface area contributed by atoms with Crippen LogP contribution in [-0.4, -0.2) is 23.9 Å². The Balaban J connectivity index is 2.88. The van der Waals surface area contributed by atoms with Gasteiger partial charge in [-0.1, -0.05) is 54.2 Å². The topological polar surface area (TPSA) is 20.3 Å². The van der Waals surface area contributed by atoms with Gasteiger partial charge >= 0.3 is 0 Å². The second-order valence-electron chi connectivity index (χ2n) is 4.68. The van der Waals surface area contributed by atoms with Gasteiger partial charge in [-0.05, 0) is 31.0 Å². The van der Waals surface area contributed by atoms with E-state index in [2.05, 4.69) is 29.8 Å². The lowest BCUT2D eigenvalue weighted by molar-refractivity contribution is 0.0735. The van der Waals surface area contributed by atoms with Crippen LogP contribution < -0.4 is 0 Å². The molecule has 0 aliphatic carbocycles. The fourth-order valence-electron chi connectivity index (χ4n) is 2.07. The quantitative estimate of drug-likeness (QED) is 0.709. The maximum absolute atomic E-state index is 12.5. The number of nitrogens with zero attached hydrogens (tertiary/aromatic N) is 1. The molecule has 0 saturated carbocycles. The van der Waals surface area contributed by atoms with E-state index < -0.39 is 0 Å². The van der Waals surface area contributed by atoms with Crippen LogP contribution >= 0.6 is 27.5 Å². The van der Waals surface area contributed by atoms with E-state index in [0.717, 1.165) is 30.4 Å². The summed E-state index contributed by atoms with van der Waals surface area (Å²) in [6, 6.07) is 5.34. The highest BCUT2D eigenvalue weighted by Crippen LogP contribution is 2.21. The van der Waals surface area contributed by atoms with Crippen molar-refractivity contribution in [1.82, 2.24) is 4.90 Å². The Hall–Kier alpha value is -0.540. The predicted octanol–water partition coefficient (Wildman–Crippen LogP) is 5.00. The third kappa shape index (κ3) is 4.81. The van der Waals surface area contributed by atoms with Crippen molar-refractivity contribution in [1.29, 1.82) is 0 Å². The maximum atomic E-state index is 12.5. The van der Waals surface area contributed by atoms with Crippen molar-refractivity contribution in [3.05, 3.63) is 33.3 Å². The Morgan fingerprint density at radius 1 is 1.26 bits per heavy atom. The SMILES string of the molecule is CCC(CC)CN(CC)C(=O)c1cc(Cl)cc(Br)c1. The van der Waals surface area contributed by atoms with Gasteiger partial charge in [-0.25, -0.2) is 0 Å². The number of rotatable bonds is 6. The molecule has 1 aromatic rings. The smallest absolute Gasteiger partial charge is 0.253 e. The summed E-state index contributed by atoms with van der Waals surface area (Å²) in [5.41, 5.74) is 0.646. The Bertz CT molecular complexity index is 412. The largest absolute Gasteiger partial charge is 0.339 e. The minimum Gasteiger partial charge on any atom is -0.339 e. The van der Waals surface area contributed by atoms with E-state index in [4.69, 9.17) is 11.6 Å². The average Bonchev–Trinajstić information content (AvgIpc) is 2.38. The molecule has 0 bridgehead atoms. The molecule has 0 N–H and O–H groups in total. The minimum absolute atomic E-state index is 0.0533. The molecule has 1 aromatic carbocycles. The lowest BCUT2D eigenvalue weighted by Gasteiger charge is -2.25. The van der Waals surface area contributed by atoms with Gasteiger partial charge in [0.1, 0.15) is 0 Å². The van der Waals surface area contributed by atoms with E-state index in [9.17, 15) is 4.79 Å². The van der Waals surface area contributed by atoms with Crippen LogP contribution in [0.3, 0.4) is 0 Å². The van der Waals surface area contributed by atoms with Gasteiger partial charge in [0.25, 0.3) is 5.91 Å². The summed E-state index contributed by atoms with van der Waals surface area (Å²) in [6.45, 7) is 7.89. The molecule has 1 rings (SSSR count). The van der Waals surface area contributed by atoms with E-state index in [1.807, 2.05) is 17.9 Å². The van der Waals surface area contributed by atoms with Crippen molar-refractivity contribution >= 4 is 33.4 Å². The van der Waals surface area contributed by atoms with Crippen LogP contribution in [0.4, 0.5) is 0 Å². The van der Waals surface area contributed by atoms with Gasteiger partial charge in [0.15, 0.2) is 0 Å². The van der Waals surface area contributed by atoms with Gasteiger partial charge in [0, 0.05) is 28.1 Å². The molecule has 1 amide bonds. The highest BCUT2D eigenvalue weighted by Gasteiger charge is 2.18. The predicted molar refractivity (Wildman–Crippen MR) is 84.8 cm³/mol. The summed E-state index contributed by atoms with van der Waals surface area (Å²) in [5, 5.41) is 0.580. The molecule has 0 fully saturated rings. The number of amides is 1. The molecule has 0 spiro atoms. The monoisotopic (exact) mass is 345 g/mol. The number of hydrogen-bond acceptors (Lipinski definition) is 1. The third-order valence-corrected chi connectivity index (χ3v) is 4.09. The number of hydrogen-bond donors (Lipinski definition) is 0. The lowest BCUT2D eigenvalue weighted by atomic mass is 10.0. The van der Waals surface area contributed by atoms with Gasteiger partial charge in [-0.15, -0.1) is 0 Å². The summed E-state index contributed by atoms with van der Waals surface area (Å²) < 4.78 is 0.835. The maximum Gasteiger partial charge on any atom is 0.253 e. The van der Waals surface area contributed by atoms with E-state index in [1.165, 1.54) is 0 Å². The van der Waals surface area contributed by atoms with Gasteiger partial charge in [0.05, 0.1) is 0 Å². The first-order valence-corrected chi connectivity index (χ1v) is 7.94. The minimum atomic E-state index is 0.0533. The van der Waals surface area contributed by atoms with Crippen LogP contribution in [0.2, 0.25) is 5.02 Å². The van der Waals surface area contributed by atoms with Crippen molar-refractivity contribution in [3.63, 3.8) is 0 Å². The highest BCUT2D eigenvalue weighted by atomic mass is 79.9. The summed E-state index contributed by atoms with van der Waals surface area (Å²) in [4.78, 5) is 14.4. The highest BCUT2D eigenvalue weighted by molar-refractivity contribution is 9.10. The van der Waals surface area contributed by atoms with Crippen molar-refractivity contribution in [3.8, 4) is 0 Å². The number of halogens is 2. The van der Waals surface area contributed by atoms with E-state index in [1.54, 1.807) is 12.1 Å². The summed E-state index contributed by atoms with van der Waals surface area (Å²) >= 11 is 9.38. The van der Waals surface area contributed by atoms with Crippen molar-refractivity contribution in [2.24, 2.45) is 5.92 Å². The molecule has 2 nitrogen and oxygen atoms in total. The van der Waals surface area contributed by atoms with Gasteiger partial charge < -0.3 is 4.90 Å². The van der Waals surface area contributed by atoms with Crippen molar-refractivity contribution in [2.75, 3.05) is 13.1 Å². The van der Waals surface area contributed by atoms with Crippen LogP contribution in [0.5, 0.6) is 0 Å². The molecule has 0 heterocycles. The van der Waals surface area contributed by atoms with Crippen LogP contribution in [0, 0.1) is 5.92 Å². The zero-order chi connectivity index (χ0) is 14.4. The molecule has 0 atom stereocenters. The molecule has 0 radical (unpaired) electrons. The van der Waals surface area contributed by atoms with Gasteiger partial charge in [-0.3, -0.25) is 4.79 Å². The Kier molecular flexibility index (Phi) is 6.87. The lowest BCUT2D eigenvalue weighted by Crippen LogP contribution is -2.35. The van der Waals surface area contributed by atoms with Crippen LogP contribution in [0.25, 0.3) is 0 Å². The van der Waals surface area contributed by atoms with Gasteiger partial charge in [0.2, 0.25) is 0 Å². The van der Waals surface area contributed by atoms with Crippen molar-refractivity contribution < 1.29 is 4.79 Å². The number of carbonyl (C=O) groups excluding carboxylic acids is 1. The number of benzene rings is 1. The molecule has 106 valence electrons. The first-order valence-electron chi connectivity index (χ1n) is 6.77. The van der Waals surface area contributed by atoms with Crippen molar-refractivity contribution in [2.45, 2.75) is 33.6 Å². The molecular weight excluding hydrogens is 326 g/mol. The third-order valence-electron chi connectivity index (χ3n) is 3.41. The first-order chi connectivity index (χ1) is 9.01. The first kappa shape index (κ1) is 16.5. The molecule has 19 heavy (non-hydrogen) atoms. The zero-order valence-electron chi connectivity index (χ0n) is 11.7. The molecule has 0 aromatic heterocycles. The second kappa shape index (κ2) is 7.91. The fraction of sp³-hybridized carbons (Fsp3) is 0.533. The van der Waals surface area contributed by atoms with E-state index in [0.29, 0.717) is 16.5 Å². The number of carbonyl (C=O) groups is 1. The Morgan fingerprint density at radius 2 is 1.89 bits per heavy atom.